The Morgan fingerprint density at radius 1 is 1.11 bits per heavy atom. The van der Waals surface area contributed by atoms with Crippen LogP contribution < -0.4 is 4.74 Å². The zero-order valence-corrected chi connectivity index (χ0v) is 15.7. The van der Waals surface area contributed by atoms with Gasteiger partial charge in [0.15, 0.2) is 0 Å². The third-order valence-corrected chi connectivity index (χ3v) is 3.81. The molecular weight excluding hydrogens is 366 g/mol. The van der Waals surface area contributed by atoms with Crippen LogP contribution in [-0.4, -0.2) is 52.0 Å². The highest BCUT2D eigenvalue weighted by molar-refractivity contribution is 6.14. The summed E-state index contributed by atoms with van der Waals surface area (Å²) in [7, 11) is 1.59. The van der Waals surface area contributed by atoms with E-state index in [1.165, 1.54) is 6.08 Å². The molecule has 0 saturated heterocycles. The average Bonchev–Trinajstić information content (AvgIpc) is 3.00. The van der Waals surface area contributed by atoms with E-state index in [4.69, 9.17) is 14.9 Å². The fraction of sp³-hybridized carbons (Fsp3) is 0.300. The van der Waals surface area contributed by atoms with Crippen LogP contribution in [0.5, 0.6) is 5.75 Å². The number of carbonyl (C=O) groups is 4. The molecule has 0 fully saturated rings. The van der Waals surface area contributed by atoms with Gasteiger partial charge in [0.05, 0.1) is 7.11 Å². The highest BCUT2D eigenvalue weighted by atomic mass is 16.5. The van der Waals surface area contributed by atoms with Gasteiger partial charge < -0.3 is 14.9 Å². The number of aliphatic carboxylic acids is 2. The van der Waals surface area contributed by atoms with Crippen molar-refractivity contribution in [2.45, 2.75) is 32.2 Å². The van der Waals surface area contributed by atoms with Gasteiger partial charge in [0.25, 0.3) is 11.8 Å². The number of hydrogen-bond donors (Lipinski definition) is 2. The first kappa shape index (κ1) is 22.6. The molecule has 0 bridgehead atoms. The van der Waals surface area contributed by atoms with E-state index in [2.05, 4.69) is 0 Å². The van der Waals surface area contributed by atoms with Gasteiger partial charge in [-0.15, -0.1) is 0 Å². The molecule has 0 radical (unpaired) electrons. The highest BCUT2D eigenvalue weighted by Gasteiger charge is 2.35. The zero-order chi connectivity index (χ0) is 21.1. The van der Waals surface area contributed by atoms with Crippen LogP contribution in [0.25, 0.3) is 6.08 Å². The number of amides is 2. The smallest absolute Gasteiger partial charge is 0.328 e. The van der Waals surface area contributed by atoms with E-state index in [1.807, 2.05) is 6.92 Å². The third kappa shape index (κ3) is 7.06. The topological polar surface area (TPSA) is 121 Å². The summed E-state index contributed by atoms with van der Waals surface area (Å²) in [6.45, 7) is 1.92. The number of carbonyl (C=O) groups excluding carboxylic acids is 2. The summed E-state index contributed by atoms with van der Waals surface area (Å²) in [5.74, 6) is -2.40. The van der Waals surface area contributed by atoms with Gasteiger partial charge >= 0.3 is 11.9 Å². The van der Waals surface area contributed by atoms with Crippen LogP contribution in [0.4, 0.5) is 0 Å². The van der Waals surface area contributed by atoms with E-state index >= 15 is 0 Å². The molecule has 150 valence electrons. The Labute approximate surface area is 162 Å². The number of imide groups is 1. The summed E-state index contributed by atoms with van der Waals surface area (Å²) in [6.07, 6.45) is 6.64. The Hall–Kier alpha value is -3.42. The second-order valence-electron chi connectivity index (χ2n) is 5.82. The summed E-state index contributed by atoms with van der Waals surface area (Å²) >= 11 is 0. The normalized spacial score (nSPS) is 14.0. The van der Waals surface area contributed by atoms with Crippen molar-refractivity contribution in [2.75, 3.05) is 7.11 Å². The van der Waals surface area contributed by atoms with Crippen molar-refractivity contribution in [2.24, 2.45) is 0 Å². The molecule has 1 aliphatic rings. The first-order valence-electron chi connectivity index (χ1n) is 8.63. The third-order valence-electron chi connectivity index (χ3n) is 3.81. The van der Waals surface area contributed by atoms with Crippen molar-refractivity contribution in [3.63, 3.8) is 0 Å². The molecule has 2 N–H and O–H groups in total. The maximum atomic E-state index is 11.2. The lowest BCUT2D eigenvalue weighted by Crippen LogP contribution is -2.44. The average molecular weight is 389 g/mol. The van der Waals surface area contributed by atoms with Crippen molar-refractivity contribution >= 4 is 29.8 Å². The Morgan fingerprint density at radius 2 is 1.68 bits per heavy atom. The van der Waals surface area contributed by atoms with Crippen molar-refractivity contribution in [3.05, 3.63) is 48.1 Å². The number of rotatable bonds is 8. The molecule has 1 aliphatic heterocycles. The molecule has 2 amide bonds. The summed E-state index contributed by atoms with van der Waals surface area (Å²) < 4.78 is 4.95. The van der Waals surface area contributed by atoms with Crippen molar-refractivity contribution in [1.82, 2.24) is 4.90 Å². The van der Waals surface area contributed by atoms with Crippen LogP contribution in [0.3, 0.4) is 0 Å². The molecule has 1 atom stereocenters. The van der Waals surface area contributed by atoms with E-state index < -0.39 is 29.8 Å². The number of carboxylic acid groups (broad SMARTS) is 2. The maximum absolute atomic E-state index is 11.2. The first-order valence-corrected chi connectivity index (χ1v) is 8.63. The number of methoxy groups -OCH3 is 1. The van der Waals surface area contributed by atoms with Crippen LogP contribution in [0, 0.1) is 0 Å². The Kier molecular flexibility index (Phi) is 9.15. The molecule has 2 rings (SSSR count). The lowest BCUT2D eigenvalue weighted by Gasteiger charge is -2.21. The zero-order valence-electron chi connectivity index (χ0n) is 15.7. The lowest BCUT2D eigenvalue weighted by atomic mass is 10.1. The summed E-state index contributed by atoms with van der Waals surface area (Å²) in [5.41, 5.74) is 0.836. The molecular formula is C20H23NO7. The fourth-order valence-electron chi connectivity index (χ4n) is 2.36. The predicted molar refractivity (Wildman–Crippen MR) is 102 cm³/mol. The van der Waals surface area contributed by atoms with Crippen molar-refractivity contribution in [1.29, 1.82) is 0 Å². The van der Waals surface area contributed by atoms with Gasteiger partial charge in [-0.25, -0.2) is 9.59 Å². The van der Waals surface area contributed by atoms with Crippen molar-refractivity contribution < 1.29 is 34.1 Å². The van der Waals surface area contributed by atoms with Gasteiger partial charge in [0.1, 0.15) is 11.8 Å². The lowest BCUT2D eigenvalue weighted by molar-refractivity contribution is -0.153. The standard InChI is InChI=1S/C10H13NO4.C10H10O3/c1-2-3-4-7(10(14)15)11-8(12)5-6-9(11)13;1-13-9-5-2-8(3-6-9)4-7-10(11)12/h5-7H,2-4H2,1H3,(H,14,15);2-7H,1H3,(H,11,12). The minimum Gasteiger partial charge on any atom is -0.497 e. The summed E-state index contributed by atoms with van der Waals surface area (Å²) in [5, 5.41) is 17.3. The maximum Gasteiger partial charge on any atom is 0.328 e. The minimum atomic E-state index is -1.13. The Bertz CT molecular complexity index is 747. The SMILES string of the molecule is CCCCC(C(=O)O)N1C(=O)C=CC1=O.COc1ccc(C=CC(=O)O)cc1. The van der Waals surface area contributed by atoms with Gasteiger partial charge in [-0.1, -0.05) is 31.9 Å². The van der Waals surface area contributed by atoms with Crippen LogP contribution in [0.1, 0.15) is 31.7 Å². The molecule has 0 spiro atoms. The number of hydrogen-bond acceptors (Lipinski definition) is 5. The van der Waals surface area contributed by atoms with E-state index in [-0.39, 0.29) is 0 Å². The highest BCUT2D eigenvalue weighted by Crippen LogP contribution is 2.15. The number of carboxylic acids is 2. The number of nitrogens with zero attached hydrogens (tertiary/aromatic N) is 1. The number of unbranched alkanes of at least 4 members (excludes halogenated alkanes) is 1. The van der Waals surface area contributed by atoms with Gasteiger partial charge in [-0.05, 0) is 30.2 Å². The van der Waals surface area contributed by atoms with E-state index in [0.29, 0.717) is 12.8 Å². The van der Waals surface area contributed by atoms with Crippen LogP contribution in [-0.2, 0) is 19.2 Å². The summed E-state index contributed by atoms with van der Waals surface area (Å²) in [4.78, 5) is 44.4. The second kappa shape index (κ2) is 11.3. The van der Waals surface area contributed by atoms with E-state index in [0.717, 1.165) is 40.9 Å². The molecule has 8 heteroatoms. The second-order valence-corrected chi connectivity index (χ2v) is 5.82. The number of ether oxygens (including phenoxy) is 1. The number of benzene rings is 1. The van der Waals surface area contributed by atoms with Gasteiger partial charge in [0, 0.05) is 18.2 Å². The van der Waals surface area contributed by atoms with E-state index in [9.17, 15) is 19.2 Å². The molecule has 8 nitrogen and oxygen atoms in total. The minimum absolute atomic E-state index is 0.311. The molecule has 0 aromatic heterocycles. The van der Waals surface area contributed by atoms with Gasteiger partial charge in [0.2, 0.25) is 0 Å². The van der Waals surface area contributed by atoms with Crippen molar-refractivity contribution in [3.8, 4) is 5.75 Å². The monoisotopic (exact) mass is 389 g/mol. The molecule has 28 heavy (non-hydrogen) atoms. The van der Waals surface area contributed by atoms with Gasteiger partial charge in [-0.2, -0.15) is 0 Å². The fourth-order valence-corrected chi connectivity index (χ4v) is 2.36. The van der Waals surface area contributed by atoms with Crippen LogP contribution in [0.2, 0.25) is 0 Å². The molecule has 1 unspecified atom stereocenters. The van der Waals surface area contributed by atoms with Crippen LogP contribution >= 0.6 is 0 Å². The van der Waals surface area contributed by atoms with Gasteiger partial charge in [-0.3, -0.25) is 14.5 Å². The van der Waals surface area contributed by atoms with E-state index in [1.54, 1.807) is 31.4 Å². The first-order chi connectivity index (χ1) is 13.3. The summed E-state index contributed by atoms with van der Waals surface area (Å²) in [6, 6.07) is 6.11. The molecule has 0 aliphatic carbocycles. The molecule has 1 aromatic carbocycles. The largest absolute Gasteiger partial charge is 0.497 e. The molecule has 1 heterocycles. The Morgan fingerprint density at radius 3 is 2.11 bits per heavy atom. The predicted octanol–water partition coefficient (Wildman–Crippen LogP) is 2.35. The quantitative estimate of drug-likeness (QED) is 0.517. The van der Waals surface area contributed by atoms with Crippen LogP contribution in [0.15, 0.2) is 42.5 Å². The Balaban J connectivity index is 0.000000283. The molecule has 1 aromatic rings. The molecule has 0 saturated carbocycles.